The van der Waals surface area contributed by atoms with E-state index in [0.29, 0.717) is 6.42 Å². The van der Waals surface area contributed by atoms with Crippen LogP contribution in [0.2, 0.25) is 0 Å². The Morgan fingerprint density at radius 2 is 2.27 bits per heavy atom. The second-order valence-corrected chi connectivity index (χ2v) is 3.79. The molecule has 1 amide bonds. The lowest BCUT2D eigenvalue weighted by atomic mass is 9.93. The van der Waals surface area contributed by atoms with Crippen LogP contribution < -0.4 is 5.32 Å². The Balaban J connectivity index is 2.46. The molecule has 0 fully saturated rings. The van der Waals surface area contributed by atoms with Crippen LogP contribution in [-0.4, -0.2) is 23.0 Å². The van der Waals surface area contributed by atoms with Gasteiger partial charge in [-0.1, -0.05) is 19.1 Å². The molecule has 0 aromatic heterocycles. The molecule has 0 bridgehead atoms. The van der Waals surface area contributed by atoms with Gasteiger partial charge in [0.15, 0.2) is 0 Å². The van der Waals surface area contributed by atoms with Crippen LogP contribution in [0.1, 0.15) is 32.6 Å². The van der Waals surface area contributed by atoms with Crippen LogP contribution in [0, 0.1) is 5.92 Å². The number of amides is 1. The van der Waals surface area contributed by atoms with E-state index < -0.39 is 12.0 Å². The van der Waals surface area contributed by atoms with Crippen molar-refractivity contribution in [3.63, 3.8) is 0 Å². The van der Waals surface area contributed by atoms with Crippen LogP contribution >= 0.6 is 0 Å². The second kappa shape index (κ2) is 5.53. The highest BCUT2D eigenvalue weighted by Crippen LogP contribution is 2.18. The van der Waals surface area contributed by atoms with E-state index in [1.807, 2.05) is 6.08 Å². The SMILES string of the molecule is CC[C@@H](NC(=O)C1CC=CCC1)C(=O)O. The normalized spacial score (nSPS) is 22.1. The van der Waals surface area contributed by atoms with E-state index in [1.165, 1.54) is 0 Å². The van der Waals surface area contributed by atoms with E-state index in [-0.39, 0.29) is 11.8 Å². The Morgan fingerprint density at radius 1 is 1.53 bits per heavy atom. The number of hydrogen-bond acceptors (Lipinski definition) is 2. The van der Waals surface area contributed by atoms with Gasteiger partial charge in [-0.15, -0.1) is 0 Å². The first-order valence-corrected chi connectivity index (χ1v) is 5.33. The minimum atomic E-state index is -0.961. The summed E-state index contributed by atoms with van der Waals surface area (Å²) in [7, 11) is 0. The fourth-order valence-electron chi connectivity index (χ4n) is 1.66. The van der Waals surface area contributed by atoms with Crippen molar-refractivity contribution in [2.24, 2.45) is 5.92 Å². The third kappa shape index (κ3) is 3.38. The molecule has 0 saturated carbocycles. The number of rotatable bonds is 4. The third-order valence-electron chi connectivity index (χ3n) is 2.66. The fraction of sp³-hybridized carbons (Fsp3) is 0.636. The lowest BCUT2D eigenvalue weighted by Crippen LogP contribution is -2.43. The highest BCUT2D eigenvalue weighted by Gasteiger charge is 2.23. The molecule has 0 aromatic rings. The molecular weight excluding hydrogens is 194 g/mol. The van der Waals surface area contributed by atoms with Crippen molar-refractivity contribution in [3.05, 3.63) is 12.2 Å². The fourth-order valence-corrected chi connectivity index (χ4v) is 1.66. The Labute approximate surface area is 89.4 Å². The Bertz CT molecular complexity index is 273. The number of aliphatic carboxylic acids is 1. The maximum atomic E-state index is 11.7. The molecule has 0 heterocycles. The smallest absolute Gasteiger partial charge is 0.326 e. The van der Waals surface area contributed by atoms with Crippen LogP contribution in [0.15, 0.2) is 12.2 Å². The van der Waals surface area contributed by atoms with Crippen molar-refractivity contribution in [1.82, 2.24) is 5.32 Å². The topological polar surface area (TPSA) is 66.4 Å². The van der Waals surface area contributed by atoms with Gasteiger partial charge in [0.2, 0.25) is 5.91 Å². The van der Waals surface area contributed by atoms with Gasteiger partial charge in [-0.2, -0.15) is 0 Å². The highest BCUT2D eigenvalue weighted by molar-refractivity contribution is 5.85. The Hall–Kier alpha value is -1.32. The Morgan fingerprint density at radius 3 is 2.73 bits per heavy atom. The molecule has 0 spiro atoms. The van der Waals surface area contributed by atoms with Gasteiger partial charge < -0.3 is 10.4 Å². The third-order valence-corrected chi connectivity index (χ3v) is 2.66. The van der Waals surface area contributed by atoms with Crippen LogP contribution in [0.25, 0.3) is 0 Å². The zero-order chi connectivity index (χ0) is 11.3. The first kappa shape index (κ1) is 11.8. The number of nitrogens with one attached hydrogen (secondary N) is 1. The van der Waals surface area contributed by atoms with Crippen molar-refractivity contribution >= 4 is 11.9 Å². The molecule has 0 saturated heterocycles. The highest BCUT2D eigenvalue weighted by atomic mass is 16.4. The minimum Gasteiger partial charge on any atom is -0.480 e. The molecule has 1 rings (SSSR count). The molecule has 15 heavy (non-hydrogen) atoms. The maximum absolute atomic E-state index is 11.7. The van der Waals surface area contributed by atoms with Gasteiger partial charge >= 0.3 is 5.97 Å². The first-order valence-electron chi connectivity index (χ1n) is 5.33. The second-order valence-electron chi connectivity index (χ2n) is 3.79. The van der Waals surface area contributed by atoms with Gasteiger partial charge in [-0.25, -0.2) is 4.79 Å². The summed E-state index contributed by atoms with van der Waals surface area (Å²) in [6.07, 6.45) is 6.90. The molecule has 2 N–H and O–H groups in total. The van der Waals surface area contributed by atoms with Crippen molar-refractivity contribution < 1.29 is 14.7 Å². The number of carboxylic acid groups (broad SMARTS) is 1. The molecule has 1 aliphatic carbocycles. The lowest BCUT2D eigenvalue weighted by Gasteiger charge is -2.20. The van der Waals surface area contributed by atoms with Gasteiger partial charge in [0, 0.05) is 5.92 Å². The summed E-state index contributed by atoms with van der Waals surface area (Å²) < 4.78 is 0. The molecule has 0 aliphatic heterocycles. The van der Waals surface area contributed by atoms with Crippen molar-refractivity contribution in [1.29, 1.82) is 0 Å². The molecule has 84 valence electrons. The quantitative estimate of drug-likeness (QED) is 0.689. The van der Waals surface area contributed by atoms with Crippen LogP contribution in [0.5, 0.6) is 0 Å². The number of carbonyl (C=O) groups is 2. The van der Waals surface area contributed by atoms with E-state index in [1.54, 1.807) is 6.92 Å². The molecule has 4 heteroatoms. The predicted octanol–water partition coefficient (Wildman–Crippen LogP) is 1.32. The van der Waals surface area contributed by atoms with E-state index in [9.17, 15) is 9.59 Å². The maximum Gasteiger partial charge on any atom is 0.326 e. The molecule has 1 unspecified atom stereocenters. The number of hydrogen-bond donors (Lipinski definition) is 2. The summed E-state index contributed by atoms with van der Waals surface area (Å²) in [4.78, 5) is 22.4. The molecule has 2 atom stereocenters. The van der Waals surface area contributed by atoms with Gasteiger partial charge in [-0.05, 0) is 25.7 Å². The summed E-state index contributed by atoms with van der Waals surface area (Å²) in [5, 5.41) is 11.4. The summed E-state index contributed by atoms with van der Waals surface area (Å²) in [5.41, 5.74) is 0. The molecule has 0 aromatic carbocycles. The van der Waals surface area contributed by atoms with Gasteiger partial charge in [0.05, 0.1) is 0 Å². The molecule has 1 aliphatic rings. The van der Waals surface area contributed by atoms with Crippen molar-refractivity contribution in [2.45, 2.75) is 38.6 Å². The van der Waals surface area contributed by atoms with Gasteiger partial charge in [0.1, 0.15) is 6.04 Å². The minimum absolute atomic E-state index is 0.0524. The average Bonchev–Trinajstić information content (AvgIpc) is 2.26. The van der Waals surface area contributed by atoms with E-state index in [4.69, 9.17) is 5.11 Å². The zero-order valence-corrected chi connectivity index (χ0v) is 8.90. The molecular formula is C11H17NO3. The number of allylic oxidation sites excluding steroid dienone is 2. The van der Waals surface area contributed by atoms with Crippen LogP contribution in [-0.2, 0) is 9.59 Å². The summed E-state index contributed by atoms with van der Waals surface area (Å²) in [5.74, 6) is -1.14. The Kier molecular flexibility index (Phi) is 4.34. The standard InChI is InChI=1S/C11H17NO3/c1-2-9(11(14)15)12-10(13)8-6-4-3-5-7-8/h3-4,8-9H,2,5-7H2,1H3,(H,12,13)(H,14,15)/t8?,9-/m1/s1. The van der Waals surface area contributed by atoms with Crippen molar-refractivity contribution in [2.75, 3.05) is 0 Å². The van der Waals surface area contributed by atoms with Gasteiger partial charge in [-0.3, -0.25) is 4.79 Å². The van der Waals surface area contributed by atoms with Gasteiger partial charge in [0.25, 0.3) is 0 Å². The zero-order valence-electron chi connectivity index (χ0n) is 8.90. The van der Waals surface area contributed by atoms with E-state index >= 15 is 0 Å². The number of carboxylic acids is 1. The molecule has 4 nitrogen and oxygen atoms in total. The molecule has 0 radical (unpaired) electrons. The van der Waals surface area contributed by atoms with Crippen molar-refractivity contribution in [3.8, 4) is 0 Å². The summed E-state index contributed by atoms with van der Waals surface area (Å²) >= 11 is 0. The first-order chi connectivity index (χ1) is 7.15. The van der Waals surface area contributed by atoms with E-state index in [0.717, 1.165) is 19.3 Å². The summed E-state index contributed by atoms with van der Waals surface area (Å²) in [6.45, 7) is 1.75. The van der Waals surface area contributed by atoms with Crippen LogP contribution in [0.4, 0.5) is 0 Å². The summed E-state index contributed by atoms with van der Waals surface area (Å²) in [6, 6.07) is -0.747. The lowest BCUT2D eigenvalue weighted by molar-refractivity contribution is -0.142. The van der Waals surface area contributed by atoms with Crippen LogP contribution in [0.3, 0.4) is 0 Å². The monoisotopic (exact) mass is 211 g/mol. The largest absolute Gasteiger partial charge is 0.480 e. The predicted molar refractivity (Wildman–Crippen MR) is 56.3 cm³/mol. The number of carbonyl (C=O) groups excluding carboxylic acids is 1. The average molecular weight is 211 g/mol. The van der Waals surface area contributed by atoms with E-state index in [2.05, 4.69) is 11.4 Å².